The van der Waals surface area contributed by atoms with Gasteiger partial charge < -0.3 is 14.6 Å². The number of alkyl halides is 1. The van der Waals surface area contributed by atoms with Crippen molar-refractivity contribution in [3.8, 4) is 11.5 Å². The molecule has 0 saturated heterocycles. The van der Waals surface area contributed by atoms with Gasteiger partial charge in [0.25, 0.3) is 0 Å². The lowest BCUT2D eigenvalue weighted by Gasteiger charge is -2.06. The van der Waals surface area contributed by atoms with Crippen LogP contribution >= 0.6 is 66.4 Å². The molecule has 0 unspecified atom stereocenters. The van der Waals surface area contributed by atoms with Gasteiger partial charge in [0.1, 0.15) is 28.7 Å². The molecule has 8 heteroatoms. The van der Waals surface area contributed by atoms with Gasteiger partial charge in [-0.1, -0.05) is 101 Å². The van der Waals surface area contributed by atoms with E-state index in [2.05, 4.69) is 86.7 Å². The Balaban J connectivity index is 0.000000221. The Bertz CT molecular complexity index is 992. The average Bonchev–Trinajstić information content (AvgIpc) is 2.92. The summed E-state index contributed by atoms with van der Waals surface area (Å²) in [7, 11) is 0. The second-order valence-corrected chi connectivity index (χ2v) is 23.2. The van der Waals surface area contributed by atoms with Crippen molar-refractivity contribution in [3.05, 3.63) is 131 Å². The van der Waals surface area contributed by atoms with E-state index in [0.29, 0.717) is 13.2 Å². The number of hydrogen-bond acceptors (Lipinski definition) is 3. The van der Waals surface area contributed by atoms with Crippen LogP contribution in [-0.4, -0.2) is 5.11 Å². The predicted molar refractivity (Wildman–Crippen MR) is 167 cm³/mol. The van der Waals surface area contributed by atoms with Gasteiger partial charge in [-0.15, -0.1) is 0 Å². The summed E-state index contributed by atoms with van der Waals surface area (Å²) >= 11 is 12.9. The van der Waals surface area contributed by atoms with Gasteiger partial charge in [-0.25, -0.2) is 0 Å². The molecule has 0 fully saturated rings. The van der Waals surface area contributed by atoms with Crippen molar-refractivity contribution in [3.63, 3.8) is 0 Å². The third-order valence-corrected chi connectivity index (χ3v) is 5.33. The van der Waals surface area contributed by atoms with Crippen molar-refractivity contribution in [2.45, 2.75) is 25.2 Å². The van der Waals surface area contributed by atoms with Gasteiger partial charge >= 0.3 is 0 Å². The number of ether oxygens (including phenoxy) is 2. The van der Waals surface area contributed by atoms with E-state index in [1.165, 1.54) is 11.1 Å². The lowest BCUT2D eigenvalue weighted by Crippen LogP contribution is -1.95. The first-order chi connectivity index (χ1) is 17.5. The van der Waals surface area contributed by atoms with Gasteiger partial charge in [-0.3, -0.25) is 0 Å². The van der Waals surface area contributed by atoms with E-state index in [1.54, 1.807) is 0 Å². The minimum Gasteiger partial charge on any atom is -0.489 e. The highest BCUT2D eigenvalue weighted by molar-refractivity contribution is 9.93. The number of hydrogen-bond donors (Lipinski definition) is 1. The van der Waals surface area contributed by atoms with Crippen LogP contribution in [0.5, 0.6) is 11.5 Å². The minimum absolute atomic E-state index is 0.0684. The zero-order chi connectivity index (χ0) is 26.0. The Morgan fingerprint density at radius 1 is 0.528 bits per heavy atom. The standard InChI is InChI=1S/C14H13BrO.C14H14O2.Br3P/c2*15-10-12-6-8-14(9-7-12)16-11-13-4-2-1-3-5-13;1-4(2)3/h1-9H,10-11H2;1-9,15H,10-11H2;. The van der Waals surface area contributed by atoms with Crippen LogP contribution in [0.15, 0.2) is 109 Å². The maximum Gasteiger partial charge on any atom is 0.119 e. The first kappa shape index (κ1) is 31.0. The largest absolute Gasteiger partial charge is 0.489 e. The summed E-state index contributed by atoms with van der Waals surface area (Å²) in [4.78, 5) is 0. The molecule has 0 aliphatic rings. The van der Waals surface area contributed by atoms with Crippen LogP contribution in [0.25, 0.3) is 0 Å². The van der Waals surface area contributed by atoms with E-state index in [1.807, 2.05) is 84.9 Å². The molecular weight excluding hydrogens is 735 g/mol. The van der Waals surface area contributed by atoms with Gasteiger partial charge in [0, 0.05) is 5.33 Å². The lowest BCUT2D eigenvalue weighted by molar-refractivity contribution is 0.280. The third-order valence-electron chi connectivity index (χ3n) is 4.68. The number of aliphatic hydroxyl groups excluding tert-OH is 1. The van der Waals surface area contributed by atoms with Crippen LogP contribution in [0.3, 0.4) is 0 Å². The van der Waals surface area contributed by atoms with Crippen molar-refractivity contribution in [2.75, 3.05) is 0 Å². The fraction of sp³-hybridized carbons (Fsp3) is 0.143. The average molecular weight is 762 g/mol. The third kappa shape index (κ3) is 13.9. The number of aliphatic hydroxyl groups is 1. The summed E-state index contributed by atoms with van der Waals surface area (Å²) in [5.41, 5.74) is 4.49. The first-order valence-electron chi connectivity index (χ1n) is 11.0. The molecule has 0 saturated carbocycles. The van der Waals surface area contributed by atoms with E-state index in [9.17, 15) is 0 Å². The van der Waals surface area contributed by atoms with Crippen LogP contribution in [0.2, 0.25) is 0 Å². The van der Waals surface area contributed by atoms with Crippen molar-refractivity contribution in [1.29, 1.82) is 0 Å². The molecule has 0 atom stereocenters. The van der Waals surface area contributed by atoms with Crippen LogP contribution in [0, 0.1) is 0 Å². The van der Waals surface area contributed by atoms with E-state index >= 15 is 0 Å². The Morgan fingerprint density at radius 2 is 0.889 bits per heavy atom. The fourth-order valence-corrected chi connectivity index (χ4v) is 3.22. The van der Waals surface area contributed by atoms with E-state index in [4.69, 9.17) is 14.6 Å². The SMILES string of the molecule is BrCc1ccc(OCc2ccccc2)cc1.BrP(Br)Br.OCc1ccc(OCc2ccccc2)cc1. The maximum absolute atomic E-state index is 8.90. The predicted octanol–water partition coefficient (Wildman–Crippen LogP) is 10.3. The molecule has 0 radical (unpaired) electrons. The van der Waals surface area contributed by atoms with Gasteiger partial charge in [-0.05, 0) is 93.0 Å². The fourth-order valence-electron chi connectivity index (χ4n) is 2.85. The van der Waals surface area contributed by atoms with Crippen LogP contribution in [0.1, 0.15) is 22.3 Å². The highest BCUT2D eigenvalue weighted by Gasteiger charge is 1.97. The molecular formula is C28H27Br4O3P. The van der Waals surface area contributed by atoms with Crippen LogP contribution in [-0.2, 0) is 25.2 Å². The normalized spacial score (nSPS) is 9.94. The Hall–Kier alpha value is -1.21. The molecule has 0 aliphatic carbocycles. The van der Waals surface area contributed by atoms with Gasteiger partial charge in [0.05, 0.1) is 6.61 Å². The second-order valence-electron chi connectivity index (χ2n) is 7.32. The first-order valence-corrected chi connectivity index (χ1v) is 19.5. The summed E-state index contributed by atoms with van der Waals surface area (Å²) in [6.07, 6.45) is 0. The van der Waals surface area contributed by atoms with Gasteiger partial charge in [0.2, 0.25) is 0 Å². The van der Waals surface area contributed by atoms with Crippen molar-refractivity contribution < 1.29 is 14.6 Å². The summed E-state index contributed by atoms with van der Waals surface area (Å²) < 4.78 is 11.1. The van der Waals surface area contributed by atoms with Crippen LogP contribution < -0.4 is 9.47 Å². The molecule has 0 aromatic heterocycles. The quantitative estimate of drug-likeness (QED) is 0.144. The van der Waals surface area contributed by atoms with Gasteiger partial charge in [0.15, 0.2) is 0 Å². The highest BCUT2D eigenvalue weighted by atomic mass is 80.0. The lowest BCUT2D eigenvalue weighted by atomic mass is 10.2. The second kappa shape index (κ2) is 18.9. The molecule has 0 amide bonds. The Kier molecular flexibility index (Phi) is 16.3. The molecule has 3 nitrogen and oxygen atoms in total. The van der Waals surface area contributed by atoms with Crippen LogP contribution in [0.4, 0.5) is 0 Å². The number of benzene rings is 4. The Morgan fingerprint density at radius 3 is 1.22 bits per heavy atom. The summed E-state index contributed by atoms with van der Waals surface area (Å²) in [5.74, 6) is 1.73. The summed E-state index contributed by atoms with van der Waals surface area (Å²) in [6, 6.07) is 35.8. The van der Waals surface area contributed by atoms with E-state index in [-0.39, 0.29) is 10.6 Å². The maximum atomic E-state index is 8.90. The minimum atomic E-state index is -0.183. The molecule has 0 spiro atoms. The molecule has 0 bridgehead atoms. The van der Waals surface area contributed by atoms with Crippen molar-refractivity contribution >= 4 is 66.4 Å². The summed E-state index contributed by atoms with van der Waals surface area (Å²) in [6.45, 7) is 1.26. The molecule has 36 heavy (non-hydrogen) atoms. The van der Waals surface area contributed by atoms with Gasteiger partial charge in [-0.2, -0.15) is 0 Å². The molecule has 4 aromatic rings. The molecule has 0 heterocycles. The summed E-state index contributed by atoms with van der Waals surface area (Å²) in [5, 5.41) is 9.78. The van der Waals surface area contributed by atoms with E-state index in [0.717, 1.165) is 28.0 Å². The smallest absolute Gasteiger partial charge is 0.119 e. The molecule has 0 aliphatic heterocycles. The van der Waals surface area contributed by atoms with Crippen molar-refractivity contribution in [1.82, 2.24) is 0 Å². The zero-order valence-corrected chi connectivity index (χ0v) is 26.7. The molecule has 1 N–H and O–H groups in total. The highest BCUT2D eigenvalue weighted by Crippen LogP contribution is 2.59. The topological polar surface area (TPSA) is 38.7 Å². The molecule has 4 aromatic carbocycles. The number of halogens is 4. The number of rotatable bonds is 8. The zero-order valence-electron chi connectivity index (χ0n) is 19.4. The molecule has 190 valence electrons. The monoisotopic (exact) mass is 758 g/mol. The van der Waals surface area contributed by atoms with Crippen molar-refractivity contribution in [2.24, 2.45) is 0 Å². The molecule has 4 rings (SSSR count). The van der Waals surface area contributed by atoms with E-state index < -0.39 is 0 Å². The Labute approximate surface area is 247 Å².